The van der Waals surface area contributed by atoms with Crippen LogP contribution in [0.25, 0.3) is 6.08 Å². The minimum atomic E-state index is 0.262. The second-order valence-electron chi connectivity index (χ2n) is 8.31. The third-order valence-corrected chi connectivity index (χ3v) is 6.89. The van der Waals surface area contributed by atoms with Crippen LogP contribution >= 0.6 is 22.9 Å². The van der Waals surface area contributed by atoms with Gasteiger partial charge in [0.2, 0.25) is 0 Å². The summed E-state index contributed by atoms with van der Waals surface area (Å²) in [6.07, 6.45) is 4.88. The highest BCUT2D eigenvalue weighted by Crippen LogP contribution is 2.39. The number of fused-ring (bicyclic) bond motifs is 1. The van der Waals surface area contributed by atoms with Gasteiger partial charge in [0.15, 0.2) is 5.13 Å². The number of aryl methyl sites for hydroxylation is 1. The van der Waals surface area contributed by atoms with Crippen molar-refractivity contribution < 1.29 is 4.74 Å². The van der Waals surface area contributed by atoms with E-state index in [0.717, 1.165) is 54.0 Å². The highest BCUT2D eigenvalue weighted by Gasteiger charge is 2.20. The van der Waals surface area contributed by atoms with Gasteiger partial charge in [0, 0.05) is 48.9 Å². The monoisotopic (exact) mass is 468 g/mol. The topological polar surface area (TPSA) is 66.4 Å². The van der Waals surface area contributed by atoms with Crippen molar-refractivity contribution in [3.05, 3.63) is 51.0 Å². The van der Waals surface area contributed by atoms with Gasteiger partial charge in [-0.05, 0) is 38.9 Å². The van der Waals surface area contributed by atoms with Gasteiger partial charge in [0.25, 0.3) is 0 Å². The summed E-state index contributed by atoms with van der Waals surface area (Å²) in [6.45, 7) is 7.89. The minimum Gasteiger partial charge on any atom is -0.423 e. The van der Waals surface area contributed by atoms with Crippen LogP contribution in [0.2, 0.25) is 5.02 Å². The lowest BCUT2D eigenvalue weighted by molar-refractivity contribution is 0.311. The van der Waals surface area contributed by atoms with Crippen LogP contribution in [-0.4, -0.2) is 53.1 Å². The largest absolute Gasteiger partial charge is 0.423 e. The molecular weight excluding hydrogens is 444 g/mol. The third kappa shape index (κ3) is 4.44. The normalized spacial score (nSPS) is 16.1. The molecule has 1 fully saturated rings. The third-order valence-electron chi connectivity index (χ3n) is 5.67. The second kappa shape index (κ2) is 8.69. The Morgan fingerprint density at radius 3 is 2.69 bits per heavy atom. The maximum absolute atomic E-state index is 6.68. The molecule has 1 saturated heterocycles. The molecule has 0 saturated carbocycles. The van der Waals surface area contributed by atoms with Crippen molar-refractivity contribution in [2.45, 2.75) is 20.3 Å². The van der Waals surface area contributed by atoms with Gasteiger partial charge in [-0.15, -0.1) is 11.3 Å². The van der Waals surface area contributed by atoms with E-state index in [2.05, 4.69) is 51.2 Å². The van der Waals surface area contributed by atoms with Gasteiger partial charge in [0.1, 0.15) is 17.4 Å². The molecule has 3 aromatic rings. The SMILES string of the molecule is CC1=Cc2c(ccc(Oc3nc(Nc4ncc(C)s4)cc(N4CCN(C)CC4)n3)c2Cl)C1. The number of nitrogens with one attached hydrogen (secondary N) is 1. The number of halogens is 1. The Bertz CT molecular complexity index is 1190. The molecule has 1 aromatic carbocycles. The Balaban J connectivity index is 1.47. The van der Waals surface area contributed by atoms with Crippen molar-refractivity contribution in [1.82, 2.24) is 19.9 Å². The average molecular weight is 469 g/mol. The highest BCUT2D eigenvalue weighted by molar-refractivity contribution is 7.15. The number of piperazine rings is 1. The number of thiazole rings is 1. The fourth-order valence-corrected chi connectivity index (χ4v) is 4.89. The van der Waals surface area contributed by atoms with Gasteiger partial charge in [0.05, 0.1) is 5.02 Å². The predicted molar refractivity (Wildman–Crippen MR) is 131 cm³/mol. The molecule has 32 heavy (non-hydrogen) atoms. The molecule has 1 aliphatic heterocycles. The van der Waals surface area contributed by atoms with E-state index < -0.39 is 0 Å². The van der Waals surface area contributed by atoms with Gasteiger partial charge >= 0.3 is 6.01 Å². The first-order valence-corrected chi connectivity index (χ1v) is 11.8. The van der Waals surface area contributed by atoms with E-state index in [1.54, 1.807) is 11.3 Å². The van der Waals surface area contributed by atoms with Crippen molar-refractivity contribution in [1.29, 1.82) is 0 Å². The van der Waals surface area contributed by atoms with E-state index in [1.165, 1.54) is 11.1 Å². The van der Waals surface area contributed by atoms with Gasteiger partial charge in [-0.25, -0.2) is 4.98 Å². The molecule has 5 rings (SSSR count). The molecule has 0 bridgehead atoms. The molecule has 0 radical (unpaired) electrons. The molecule has 1 aliphatic carbocycles. The number of benzene rings is 1. The van der Waals surface area contributed by atoms with E-state index in [0.29, 0.717) is 16.6 Å². The number of nitrogens with zero attached hydrogens (tertiary/aromatic N) is 5. The maximum atomic E-state index is 6.68. The Kier molecular flexibility index (Phi) is 5.75. The Labute approximate surface area is 196 Å². The summed E-state index contributed by atoms with van der Waals surface area (Å²) in [5.74, 6) is 2.03. The molecule has 166 valence electrons. The van der Waals surface area contributed by atoms with E-state index in [4.69, 9.17) is 21.3 Å². The zero-order chi connectivity index (χ0) is 22.2. The van der Waals surface area contributed by atoms with Gasteiger partial charge < -0.3 is 19.9 Å². The van der Waals surface area contributed by atoms with Crippen molar-refractivity contribution >= 4 is 45.8 Å². The fourth-order valence-electron chi connectivity index (χ4n) is 3.94. The number of allylic oxidation sites excluding steroid dienone is 1. The molecule has 3 heterocycles. The molecule has 0 unspecified atom stereocenters. The average Bonchev–Trinajstić information content (AvgIpc) is 3.35. The first-order chi connectivity index (χ1) is 15.4. The first kappa shape index (κ1) is 21.2. The summed E-state index contributed by atoms with van der Waals surface area (Å²) >= 11 is 8.26. The van der Waals surface area contributed by atoms with Gasteiger partial charge in [-0.3, -0.25) is 0 Å². The van der Waals surface area contributed by atoms with Crippen molar-refractivity contribution in [3.8, 4) is 11.8 Å². The molecule has 0 amide bonds. The van der Waals surface area contributed by atoms with Crippen LogP contribution in [0.5, 0.6) is 11.8 Å². The van der Waals surface area contributed by atoms with Crippen LogP contribution in [0.3, 0.4) is 0 Å². The van der Waals surface area contributed by atoms with Crippen LogP contribution in [0, 0.1) is 6.92 Å². The van der Waals surface area contributed by atoms with E-state index in [9.17, 15) is 0 Å². The second-order valence-corrected chi connectivity index (χ2v) is 9.92. The maximum Gasteiger partial charge on any atom is 0.325 e. The number of hydrogen-bond acceptors (Lipinski definition) is 8. The first-order valence-electron chi connectivity index (χ1n) is 10.6. The molecule has 1 N–H and O–H groups in total. The number of hydrogen-bond donors (Lipinski definition) is 1. The Morgan fingerprint density at radius 2 is 1.94 bits per heavy atom. The smallest absolute Gasteiger partial charge is 0.325 e. The summed E-state index contributed by atoms with van der Waals surface area (Å²) in [5.41, 5.74) is 3.53. The fraction of sp³-hybridized carbons (Fsp3) is 0.348. The van der Waals surface area contributed by atoms with Crippen LogP contribution in [-0.2, 0) is 6.42 Å². The van der Waals surface area contributed by atoms with Gasteiger partial charge in [-0.2, -0.15) is 9.97 Å². The summed E-state index contributed by atoms with van der Waals surface area (Å²) in [7, 11) is 2.13. The molecular formula is C23H25ClN6OS. The zero-order valence-corrected chi connectivity index (χ0v) is 19.9. The quantitative estimate of drug-likeness (QED) is 0.555. The van der Waals surface area contributed by atoms with Crippen LogP contribution in [0.1, 0.15) is 22.9 Å². The van der Waals surface area contributed by atoms with E-state index in [-0.39, 0.29) is 6.01 Å². The molecule has 0 spiro atoms. The molecule has 2 aromatic heterocycles. The van der Waals surface area contributed by atoms with Crippen molar-refractivity contribution in [2.24, 2.45) is 0 Å². The minimum absolute atomic E-state index is 0.262. The lowest BCUT2D eigenvalue weighted by Crippen LogP contribution is -2.44. The zero-order valence-electron chi connectivity index (χ0n) is 18.4. The van der Waals surface area contributed by atoms with Crippen molar-refractivity contribution in [3.63, 3.8) is 0 Å². The lowest BCUT2D eigenvalue weighted by Gasteiger charge is -2.33. The predicted octanol–water partition coefficient (Wildman–Crippen LogP) is 5.14. The van der Waals surface area contributed by atoms with Crippen LogP contribution in [0.4, 0.5) is 16.8 Å². The summed E-state index contributed by atoms with van der Waals surface area (Å²) in [5, 5.41) is 4.68. The molecule has 0 atom stereocenters. The number of rotatable bonds is 5. The van der Waals surface area contributed by atoms with Gasteiger partial charge in [-0.1, -0.05) is 29.3 Å². The lowest BCUT2D eigenvalue weighted by atomic mass is 10.1. The van der Waals surface area contributed by atoms with Crippen molar-refractivity contribution in [2.75, 3.05) is 43.4 Å². The Morgan fingerprint density at radius 1 is 1.12 bits per heavy atom. The summed E-state index contributed by atoms with van der Waals surface area (Å²) in [6, 6.07) is 6.17. The Hall–Kier alpha value is -2.68. The number of aromatic nitrogens is 3. The number of anilines is 3. The summed E-state index contributed by atoms with van der Waals surface area (Å²) in [4.78, 5) is 19.4. The molecule has 2 aliphatic rings. The molecule has 9 heteroatoms. The van der Waals surface area contributed by atoms with E-state index in [1.807, 2.05) is 25.3 Å². The number of ether oxygens (including phenoxy) is 1. The number of likely N-dealkylation sites (N-methyl/N-ethyl adjacent to an activating group) is 1. The highest BCUT2D eigenvalue weighted by atomic mass is 35.5. The standard InChI is InChI=1S/C23H25ClN6OS/c1-14-10-16-4-5-18(21(24)17(16)11-14)31-22-26-19(27-23-25-13-15(2)32-23)12-20(28-22)30-8-6-29(3)7-9-30/h4-5,11-13H,6-10H2,1-3H3,(H,25,26,27,28). The molecule has 7 nitrogen and oxygen atoms in total. The summed E-state index contributed by atoms with van der Waals surface area (Å²) < 4.78 is 6.13. The van der Waals surface area contributed by atoms with Crippen LogP contribution < -0.4 is 15.0 Å². The van der Waals surface area contributed by atoms with Crippen LogP contribution in [0.15, 0.2) is 30.0 Å². The van der Waals surface area contributed by atoms with E-state index >= 15 is 0 Å².